The average Bonchev–Trinajstić information content (AvgIpc) is 2.73. The van der Waals surface area contributed by atoms with Crippen LogP contribution >= 0.6 is 15.9 Å². The van der Waals surface area contributed by atoms with Crippen molar-refractivity contribution < 1.29 is 13.2 Å². The minimum atomic E-state index is -3.84. The standard InChI is InChI=1S/C24H30BrN3O3S/c1-17-13-18(2)24(19(3)14-17)32(30,31)28(22-7-5-4-6-8-22)16-23(29)27-26-15-20-9-11-21(25)12-10-20/h9-15,22H,4-8,16H2,1-3H3,(H,27,29)/b26-15+. The second-order valence-corrected chi connectivity index (χ2v) is 11.2. The third-order valence-electron chi connectivity index (χ3n) is 5.73. The monoisotopic (exact) mass is 519 g/mol. The highest BCUT2D eigenvalue weighted by molar-refractivity contribution is 9.10. The minimum Gasteiger partial charge on any atom is -0.272 e. The molecule has 172 valence electrons. The number of rotatable bonds is 7. The molecule has 0 spiro atoms. The molecule has 1 amide bonds. The molecule has 0 heterocycles. The van der Waals surface area contributed by atoms with Gasteiger partial charge in [-0.3, -0.25) is 4.79 Å². The van der Waals surface area contributed by atoms with Crippen molar-refractivity contribution in [3.05, 3.63) is 63.1 Å². The van der Waals surface area contributed by atoms with Crippen LogP contribution in [-0.2, 0) is 14.8 Å². The Bertz CT molecular complexity index is 1070. The first kappa shape index (κ1) is 24.6. The number of carbonyl (C=O) groups excluding carboxylic acids is 1. The Balaban J connectivity index is 1.83. The summed E-state index contributed by atoms with van der Waals surface area (Å²) in [7, 11) is -3.84. The van der Waals surface area contributed by atoms with Gasteiger partial charge in [0.05, 0.1) is 17.7 Å². The van der Waals surface area contributed by atoms with Crippen molar-refractivity contribution in [3.8, 4) is 0 Å². The maximum Gasteiger partial charge on any atom is 0.255 e. The number of aryl methyl sites for hydroxylation is 3. The van der Waals surface area contributed by atoms with Crippen LogP contribution < -0.4 is 5.43 Å². The van der Waals surface area contributed by atoms with Gasteiger partial charge in [-0.1, -0.05) is 65.0 Å². The zero-order valence-electron chi connectivity index (χ0n) is 18.8. The molecule has 2 aromatic rings. The van der Waals surface area contributed by atoms with Gasteiger partial charge in [-0.05, 0) is 62.4 Å². The lowest BCUT2D eigenvalue weighted by atomic mass is 9.95. The highest BCUT2D eigenvalue weighted by atomic mass is 79.9. The molecule has 2 aromatic carbocycles. The summed E-state index contributed by atoms with van der Waals surface area (Å²) in [6.07, 6.45) is 6.09. The first-order valence-electron chi connectivity index (χ1n) is 10.9. The van der Waals surface area contributed by atoms with E-state index in [0.29, 0.717) is 16.0 Å². The predicted octanol–water partition coefficient (Wildman–Crippen LogP) is 4.85. The van der Waals surface area contributed by atoms with E-state index in [1.54, 1.807) is 0 Å². The molecular formula is C24H30BrN3O3S. The van der Waals surface area contributed by atoms with E-state index in [1.807, 2.05) is 57.2 Å². The molecule has 0 aromatic heterocycles. The van der Waals surface area contributed by atoms with Crippen molar-refractivity contribution in [3.63, 3.8) is 0 Å². The molecule has 0 unspecified atom stereocenters. The van der Waals surface area contributed by atoms with Crippen LogP contribution in [-0.4, -0.2) is 37.4 Å². The van der Waals surface area contributed by atoms with E-state index in [-0.39, 0.29) is 12.6 Å². The number of amides is 1. The molecule has 32 heavy (non-hydrogen) atoms. The maximum absolute atomic E-state index is 13.8. The molecule has 8 heteroatoms. The molecule has 0 saturated heterocycles. The number of sulfonamides is 1. The summed E-state index contributed by atoms with van der Waals surface area (Å²) in [5, 5.41) is 4.01. The van der Waals surface area contributed by atoms with Crippen LogP contribution in [0, 0.1) is 20.8 Å². The third-order valence-corrected chi connectivity index (χ3v) is 8.46. The third kappa shape index (κ3) is 6.05. The van der Waals surface area contributed by atoms with Crippen molar-refractivity contribution in [1.29, 1.82) is 0 Å². The van der Waals surface area contributed by atoms with Gasteiger partial charge in [-0.25, -0.2) is 13.8 Å². The lowest BCUT2D eigenvalue weighted by Crippen LogP contribution is -2.46. The van der Waals surface area contributed by atoms with Crippen LogP contribution in [0.5, 0.6) is 0 Å². The first-order valence-corrected chi connectivity index (χ1v) is 13.1. The fourth-order valence-corrected chi connectivity index (χ4v) is 6.70. The molecule has 0 atom stereocenters. The highest BCUT2D eigenvalue weighted by Crippen LogP contribution is 2.31. The molecule has 1 N–H and O–H groups in total. The molecular weight excluding hydrogens is 490 g/mol. The number of hydrogen-bond acceptors (Lipinski definition) is 4. The van der Waals surface area contributed by atoms with Gasteiger partial charge in [-0.2, -0.15) is 9.41 Å². The van der Waals surface area contributed by atoms with Crippen molar-refractivity contribution in [2.45, 2.75) is 63.8 Å². The van der Waals surface area contributed by atoms with Crippen LogP contribution in [0.15, 0.2) is 50.9 Å². The van der Waals surface area contributed by atoms with Gasteiger partial charge in [0.25, 0.3) is 5.91 Å². The van der Waals surface area contributed by atoms with Crippen molar-refractivity contribution in [2.75, 3.05) is 6.54 Å². The van der Waals surface area contributed by atoms with Gasteiger partial charge in [-0.15, -0.1) is 0 Å². The topological polar surface area (TPSA) is 78.8 Å². The fourth-order valence-electron chi connectivity index (χ4n) is 4.37. The van der Waals surface area contributed by atoms with Crippen LogP contribution in [0.3, 0.4) is 0 Å². The lowest BCUT2D eigenvalue weighted by molar-refractivity contribution is -0.121. The number of nitrogens with zero attached hydrogens (tertiary/aromatic N) is 2. The Morgan fingerprint density at radius 1 is 1.09 bits per heavy atom. The summed E-state index contributed by atoms with van der Waals surface area (Å²) < 4.78 is 29.8. The maximum atomic E-state index is 13.8. The zero-order valence-corrected chi connectivity index (χ0v) is 21.2. The first-order chi connectivity index (χ1) is 15.2. The minimum absolute atomic E-state index is 0.185. The van der Waals surface area contributed by atoms with E-state index >= 15 is 0 Å². The number of hydrazone groups is 1. The predicted molar refractivity (Wildman–Crippen MR) is 131 cm³/mol. The summed E-state index contributed by atoms with van der Waals surface area (Å²) in [5.41, 5.74) is 5.75. The highest BCUT2D eigenvalue weighted by Gasteiger charge is 2.35. The molecule has 1 aliphatic rings. The Hall–Kier alpha value is -2.03. The molecule has 0 aliphatic heterocycles. The molecule has 0 bridgehead atoms. The SMILES string of the molecule is Cc1cc(C)c(S(=O)(=O)N(CC(=O)N/N=C/c2ccc(Br)cc2)C2CCCCC2)c(C)c1. The van der Waals surface area contributed by atoms with E-state index in [9.17, 15) is 13.2 Å². The van der Waals surface area contributed by atoms with Crippen LogP contribution in [0.25, 0.3) is 0 Å². The van der Waals surface area contributed by atoms with Crippen molar-refractivity contribution in [1.82, 2.24) is 9.73 Å². The Kier molecular flexibility index (Phi) is 8.25. The summed E-state index contributed by atoms with van der Waals surface area (Å²) in [6, 6.07) is 11.1. The second kappa shape index (κ2) is 10.7. The Morgan fingerprint density at radius 2 is 1.69 bits per heavy atom. The lowest BCUT2D eigenvalue weighted by Gasteiger charge is -2.33. The van der Waals surface area contributed by atoms with E-state index in [1.165, 1.54) is 10.5 Å². The van der Waals surface area contributed by atoms with Crippen LogP contribution in [0.1, 0.15) is 54.4 Å². The zero-order chi connectivity index (χ0) is 23.3. The largest absolute Gasteiger partial charge is 0.272 e. The molecule has 0 radical (unpaired) electrons. The van der Waals surface area contributed by atoms with Crippen LogP contribution in [0.2, 0.25) is 0 Å². The van der Waals surface area contributed by atoms with E-state index in [2.05, 4.69) is 26.5 Å². The average molecular weight is 520 g/mol. The quantitative estimate of drug-likeness (QED) is 0.419. The number of nitrogens with one attached hydrogen (secondary N) is 1. The number of halogens is 1. The van der Waals surface area contributed by atoms with Crippen molar-refractivity contribution >= 4 is 38.1 Å². The van der Waals surface area contributed by atoms with Gasteiger partial charge >= 0.3 is 0 Å². The Morgan fingerprint density at radius 3 is 2.28 bits per heavy atom. The number of carbonyl (C=O) groups is 1. The van der Waals surface area contributed by atoms with Gasteiger partial charge in [0.15, 0.2) is 0 Å². The van der Waals surface area contributed by atoms with Gasteiger partial charge < -0.3 is 0 Å². The Labute approximate surface area is 199 Å². The van der Waals surface area contributed by atoms with Crippen LogP contribution in [0.4, 0.5) is 0 Å². The normalized spacial score (nSPS) is 15.4. The van der Waals surface area contributed by atoms with E-state index < -0.39 is 15.9 Å². The van der Waals surface area contributed by atoms with Gasteiger partial charge in [0.1, 0.15) is 0 Å². The molecule has 1 fully saturated rings. The van der Waals surface area contributed by atoms with Gasteiger partial charge in [0.2, 0.25) is 10.0 Å². The van der Waals surface area contributed by atoms with Crippen molar-refractivity contribution in [2.24, 2.45) is 5.10 Å². The van der Waals surface area contributed by atoms with E-state index in [0.717, 1.165) is 47.7 Å². The molecule has 1 aliphatic carbocycles. The summed E-state index contributed by atoms with van der Waals surface area (Å²) in [5.74, 6) is -0.449. The summed E-state index contributed by atoms with van der Waals surface area (Å²) in [4.78, 5) is 13.0. The van der Waals surface area contributed by atoms with Gasteiger partial charge in [0, 0.05) is 10.5 Å². The number of hydrogen-bond donors (Lipinski definition) is 1. The summed E-state index contributed by atoms with van der Waals surface area (Å²) in [6.45, 7) is 5.33. The van der Waals surface area contributed by atoms with E-state index in [4.69, 9.17) is 0 Å². The molecule has 3 rings (SSSR count). The number of benzene rings is 2. The smallest absolute Gasteiger partial charge is 0.255 e. The molecule has 6 nitrogen and oxygen atoms in total. The fraction of sp³-hybridized carbons (Fsp3) is 0.417. The summed E-state index contributed by atoms with van der Waals surface area (Å²) >= 11 is 3.38. The second-order valence-electron chi connectivity index (χ2n) is 8.41. The molecule has 1 saturated carbocycles.